The number of aliphatic hydroxyl groups excluding tert-OH is 3. The Morgan fingerprint density at radius 2 is 1.72 bits per heavy atom. The Labute approximate surface area is 109 Å². The molecule has 0 aromatic heterocycles. The monoisotopic (exact) mass is 261 g/mol. The number of aliphatic hydroxyl groups is 3. The molecule has 1 saturated heterocycles. The van der Waals surface area contributed by atoms with Crippen LogP contribution in [0.4, 0.5) is 0 Å². The second-order valence-corrected chi connectivity index (χ2v) is 6.82. The molecule has 1 heterocycles. The number of nitrogens with two attached hydrogens (primary N) is 1. The molecule has 5 N–H and O–H groups in total. The fraction of sp³-hybridized carbons (Fsp3) is 1.00. The van der Waals surface area contributed by atoms with Gasteiger partial charge in [0.15, 0.2) is 0 Å². The quantitative estimate of drug-likeness (QED) is 0.561. The largest absolute Gasteiger partial charge is 0.388 e. The number of hydrogen-bond donors (Lipinski definition) is 4. The Morgan fingerprint density at radius 1 is 1.22 bits per heavy atom. The summed E-state index contributed by atoms with van der Waals surface area (Å²) in [6, 6.07) is -0.447. The van der Waals surface area contributed by atoms with E-state index < -0.39 is 36.1 Å². The summed E-state index contributed by atoms with van der Waals surface area (Å²) in [5, 5.41) is 30.0. The SMILES string of the molecule is CC(N)C1(C)O[C@H](CC(C)(C)C)[C@@H](O)[C@H](O)[C@H]1O. The molecular weight excluding hydrogens is 234 g/mol. The van der Waals surface area contributed by atoms with Gasteiger partial charge in [0.1, 0.15) is 23.9 Å². The second-order valence-electron chi connectivity index (χ2n) is 6.82. The van der Waals surface area contributed by atoms with Gasteiger partial charge in [-0.2, -0.15) is 0 Å². The maximum atomic E-state index is 10.0. The average Bonchev–Trinajstić information content (AvgIpc) is 2.20. The van der Waals surface area contributed by atoms with Crippen LogP contribution in [0, 0.1) is 5.41 Å². The molecule has 1 fully saturated rings. The Balaban J connectivity index is 2.95. The molecule has 2 unspecified atom stereocenters. The zero-order valence-electron chi connectivity index (χ0n) is 11.9. The minimum absolute atomic E-state index is 0.0492. The van der Waals surface area contributed by atoms with Gasteiger partial charge < -0.3 is 25.8 Å². The van der Waals surface area contributed by atoms with Gasteiger partial charge in [-0.05, 0) is 25.7 Å². The van der Waals surface area contributed by atoms with Crippen LogP contribution in [0.5, 0.6) is 0 Å². The van der Waals surface area contributed by atoms with Crippen molar-refractivity contribution in [3.8, 4) is 0 Å². The van der Waals surface area contributed by atoms with Crippen LogP contribution in [0.15, 0.2) is 0 Å². The lowest BCUT2D eigenvalue weighted by molar-refractivity contribution is -0.271. The predicted octanol–water partition coefficient (Wildman–Crippen LogP) is 0.0100. The molecule has 0 bridgehead atoms. The fourth-order valence-electron chi connectivity index (χ4n) is 2.35. The molecule has 1 aliphatic rings. The van der Waals surface area contributed by atoms with Gasteiger partial charge in [-0.15, -0.1) is 0 Å². The standard InChI is InChI=1S/C13H27NO4/c1-7(14)13(5)11(17)10(16)9(15)8(18-13)6-12(2,3)4/h7-11,15-17H,6,14H2,1-5H3/t7?,8-,9-,10+,11-,13?/m1/s1. The van der Waals surface area contributed by atoms with Crippen molar-refractivity contribution in [1.82, 2.24) is 0 Å². The molecule has 5 nitrogen and oxygen atoms in total. The average molecular weight is 261 g/mol. The van der Waals surface area contributed by atoms with Gasteiger partial charge in [0.05, 0.1) is 6.10 Å². The third kappa shape index (κ3) is 3.03. The van der Waals surface area contributed by atoms with Gasteiger partial charge in [-0.3, -0.25) is 0 Å². The Bertz CT molecular complexity index is 289. The Hall–Kier alpha value is -0.200. The van der Waals surface area contributed by atoms with Crippen LogP contribution >= 0.6 is 0 Å². The minimum Gasteiger partial charge on any atom is -0.388 e. The van der Waals surface area contributed by atoms with Gasteiger partial charge in [-0.1, -0.05) is 20.8 Å². The van der Waals surface area contributed by atoms with E-state index in [-0.39, 0.29) is 5.41 Å². The van der Waals surface area contributed by atoms with Crippen molar-refractivity contribution in [3.05, 3.63) is 0 Å². The Kier molecular flexibility index (Phi) is 4.45. The van der Waals surface area contributed by atoms with Crippen LogP contribution in [-0.2, 0) is 4.74 Å². The highest BCUT2D eigenvalue weighted by molar-refractivity contribution is 5.03. The van der Waals surface area contributed by atoms with Crippen molar-refractivity contribution in [2.75, 3.05) is 0 Å². The second kappa shape index (κ2) is 5.06. The smallest absolute Gasteiger partial charge is 0.113 e. The predicted molar refractivity (Wildman–Crippen MR) is 69.0 cm³/mol. The third-order valence-corrected chi connectivity index (χ3v) is 3.76. The molecule has 0 saturated carbocycles. The molecule has 0 aliphatic carbocycles. The maximum absolute atomic E-state index is 10.0. The first-order valence-corrected chi connectivity index (χ1v) is 6.46. The Morgan fingerprint density at radius 3 is 2.11 bits per heavy atom. The van der Waals surface area contributed by atoms with Gasteiger partial charge in [0.2, 0.25) is 0 Å². The molecule has 0 aromatic carbocycles. The van der Waals surface area contributed by atoms with E-state index in [1.807, 2.05) is 20.8 Å². The lowest BCUT2D eigenvalue weighted by Crippen LogP contribution is -2.68. The van der Waals surface area contributed by atoms with E-state index in [1.165, 1.54) is 0 Å². The molecule has 18 heavy (non-hydrogen) atoms. The van der Waals surface area contributed by atoms with Gasteiger partial charge in [0, 0.05) is 6.04 Å². The first-order valence-electron chi connectivity index (χ1n) is 6.46. The van der Waals surface area contributed by atoms with E-state index in [0.717, 1.165) is 0 Å². The molecule has 0 amide bonds. The lowest BCUT2D eigenvalue weighted by atomic mass is 9.78. The highest BCUT2D eigenvalue weighted by Crippen LogP contribution is 2.36. The zero-order chi connectivity index (χ0) is 14.3. The summed E-state index contributed by atoms with van der Waals surface area (Å²) in [5.41, 5.74) is 4.75. The summed E-state index contributed by atoms with van der Waals surface area (Å²) >= 11 is 0. The van der Waals surface area contributed by atoms with E-state index in [2.05, 4.69) is 0 Å². The molecule has 6 atom stereocenters. The first-order chi connectivity index (χ1) is 7.99. The zero-order valence-corrected chi connectivity index (χ0v) is 11.9. The van der Waals surface area contributed by atoms with Gasteiger partial charge in [-0.25, -0.2) is 0 Å². The first kappa shape index (κ1) is 15.9. The summed E-state index contributed by atoms with van der Waals surface area (Å²) < 4.78 is 5.82. The van der Waals surface area contributed by atoms with Gasteiger partial charge in [0.25, 0.3) is 0 Å². The van der Waals surface area contributed by atoms with Crippen LogP contribution < -0.4 is 5.73 Å². The van der Waals surface area contributed by atoms with Gasteiger partial charge >= 0.3 is 0 Å². The molecule has 0 spiro atoms. The van der Waals surface area contributed by atoms with Crippen LogP contribution in [0.3, 0.4) is 0 Å². The number of ether oxygens (including phenoxy) is 1. The van der Waals surface area contributed by atoms with E-state index in [1.54, 1.807) is 13.8 Å². The summed E-state index contributed by atoms with van der Waals surface area (Å²) in [6.45, 7) is 9.49. The highest BCUT2D eigenvalue weighted by Gasteiger charge is 2.52. The van der Waals surface area contributed by atoms with Crippen LogP contribution in [-0.4, -0.2) is 51.4 Å². The van der Waals surface area contributed by atoms with Crippen molar-refractivity contribution in [1.29, 1.82) is 0 Å². The molecule has 0 aromatic rings. The number of rotatable bonds is 2. The molecular formula is C13H27NO4. The van der Waals surface area contributed by atoms with Crippen molar-refractivity contribution >= 4 is 0 Å². The molecule has 0 radical (unpaired) electrons. The van der Waals surface area contributed by atoms with E-state index in [9.17, 15) is 15.3 Å². The maximum Gasteiger partial charge on any atom is 0.113 e. The van der Waals surface area contributed by atoms with Crippen molar-refractivity contribution < 1.29 is 20.1 Å². The molecule has 1 aliphatic heterocycles. The molecule has 108 valence electrons. The number of hydrogen-bond acceptors (Lipinski definition) is 5. The summed E-state index contributed by atoms with van der Waals surface area (Å²) in [4.78, 5) is 0. The van der Waals surface area contributed by atoms with Crippen molar-refractivity contribution in [2.24, 2.45) is 11.1 Å². The van der Waals surface area contributed by atoms with Crippen molar-refractivity contribution in [2.45, 2.75) is 77.1 Å². The third-order valence-electron chi connectivity index (χ3n) is 3.76. The summed E-state index contributed by atoms with van der Waals surface area (Å²) in [6.07, 6.45) is -3.46. The minimum atomic E-state index is -1.23. The fourth-order valence-corrected chi connectivity index (χ4v) is 2.35. The van der Waals surface area contributed by atoms with E-state index in [4.69, 9.17) is 10.5 Å². The van der Waals surface area contributed by atoms with Crippen LogP contribution in [0.25, 0.3) is 0 Å². The molecule has 1 rings (SSSR count). The topological polar surface area (TPSA) is 95.9 Å². The van der Waals surface area contributed by atoms with E-state index >= 15 is 0 Å². The molecule has 5 heteroatoms. The summed E-state index contributed by atoms with van der Waals surface area (Å²) in [7, 11) is 0. The normalized spacial score (nSPS) is 43.8. The van der Waals surface area contributed by atoms with Crippen LogP contribution in [0.1, 0.15) is 41.0 Å². The van der Waals surface area contributed by atoms with Crippen LogP contribution in [0.2, 0.25) is 0 Å². The lowest BCUT2D eigenvalue weighted by Gasteiger charge is -2.50. The van der Waals surface area contributed by atoms with Crippen molar-refractivity contribution in [3.63, 3.8) is 0 Å². The highest BCUT2D eigenvalue weighted by atomic mass is 16.5. The van der Waals surface area contributed by atoms with E-state index in [0.29, 0.717) is 6.42 Å². The summed E-state index contributed by atoms with van der Waals surface area (Å²) in [5.74, 6) is 0.